The minimum absolute atomic E-state index is 0.501. The number of rotatable bonds is 9. The molecular weight excluding hydrogens is 172 g/mol. The van der Waals surface area contributed by atoms with E-state index < -0.39 is 0 Å². The first-order valence-corrected chi connectivity index (χ1v) is 6.18. The van der Waals surface area contributed by atoms with E-state index in [1.165, 1.54) is 44.9 Å². The van der Waals surface area contributed by atoms with E-state index in [-0.39, 0.29) is 0 Å². The summed E-state index contributed by atoms with van der Waals surface area (Å²) in [7, 11) is 0. The Bertz CT molecular complexity index is 113. The smallest absolute Gasteiger partial charge is 0.0233 e. The number of unbranched alkanes of at least 4 members (excludes halogenated alkanes) is 5. The molecule has 0 saturated heterocycles. The first kappa shape index (κ1) is 13.9. The maximum atomic E-state index is 5.49. The lowest BCUT2D eigenvalue weighted by atomic mass is 9.98. The SMILES string of the molecule is CCCCCCCCC(NN)C(C)C. The molecule has 0 fully saturated rings. The molecule has 0 aromatic rings. The number of hydrogen-bond donors (Lipinski definition) is 2. The number of nitrogens with one attached hydrogen (secondary N) is 1. The zero-order valence-electron chi connectivity index (χ0n) is 10.2. The van der Waals surface area contributed by atoms with Crippen LogP contribution in [0.25, 0.3) is 0 Å². The molecule has 0 radical (unpaired) electrons. The average molecular weight is 200 g/mol. The molecule has 0 saturated carbocycles. The van der Waals surface area contributed by atoms with Crippen LogP contribution < -0.4 is 11.3 Å². The van der Waals surface area contributed by atoms with Crippen molar-refractivity contribution in [2.24, 2.45) is 11.8 Å². The van der Waals surface area contributed by atoms with Gasteiger partial charge in [-0.15, -0.1) is 0 Å². The standard InChI is InChI=1S/C12H28N2/c1-4-5-6-7-8-9-10-12(14-13)11(2)3/h11-12,14H,4-10,13H2,1-3H3. The summed E-state index contributed by atoms with van der Waals surface area (Å²) in [4.78, 5) is 0. The van der Waals surface area contributed by atoms with Crippen molar-refractivity contribution in [1.29, 1.82) is 0 Å². The summed E-state index contributed by atoms with van der Waals surface area (Å²) in [6.07, 6.45) is 9.42. The Balaban J connectivity index is 3.25. The zero-order valence-corrected chi connectivity index (χ0v) is 10.2. The van der Waals surface area contributed by atoms with Crippen LogP contribution in [0.1, 0.15) is 65.7 Å². The second kappa shape index (κ2) is 9.47. The lowest BCUT2D eigenvalue weighted by Crippen LogP contribution is -2.38. The van der Waals surface area contributed by atoms with Crippen LogP contribution in [0.5, 0.6) is 0 Å². The third kappa shape index (κ3) is 7.34. The third-order valence-electron chi connectivity index (χ3n) is 2.89. The molecule has 1 unspecified atom stereocenters. The maximum Gasteiger partial charge on any atom is 0.0233 e. The van der Waals surface area contributed by atoms with E-state index in [1.807, 2.05) is 0 Å². The Morgan fingerprint density at radius 2 is 1.57 bits per heavy atom. The molecule has 1 atom stereocenters. The minimum atomic E-state index is 0.501. The van der Waals surface area contributed by atoms with Crippen molar-refractivity contribution < 1.29 is 0 Å². The first-order chi connectivity index (χ1) is 6.72. The molecule has 2 heteroatoms. The molecular formula is C12H28N2. The van der Waals surface area contributed by atoms with E-state index in [1.54, 1.807) is 0 Å². The molecule has 0 aromatic heterocycles. The highest BCUT2D eigenvalue weighted by Crippen LogP contribution is 2.12. The summed E-state index contributed by atoms with van der Waals surface area (Å²) in [5.74, 6) is 6.13. The summed E-state index contributed by atoms with van der Waals surface area (Å²) in [5, 5.41) is 0. The topological polar surface area (TPSA) is 38.0 Å². The molecule has 0 rings (SSSR count). The van der Waals surface area contributed by atoms with Crippen molar-refractivity contribution in [3.05, 3.63) is 0 Å². The van der Waals surface area contributed by atoms with Gasteiger partial charge in [0, 0.05) is 6.04 Å². The summed E-state index contributed by atoms with van der Waals surface area (Å²) in [5.41, 5.74) is 2.90. The van der Waals surface area contributed by atoms with Crippen molar-refractivity contribution in [3.8, 4) is 0 Å². The molecule has 0 spiro atoms. The van der Waals surface area contributed by atoms with Crippen molar-refractivity contribution in [3.63, 3.8) is 0 Å². The predicted molar refractivity (Wildman–Crippen MR) is 63.9 cm³/mol. The fraction of sp³-hybridized carbons (Fsp3) is 1.00. The second-order valence-electron chi connectivity index (χ2n) is 4.57. The molecule has 86 valence electrons. The van der Waals surface area contributed by atoms with Crippen LogP contribution >= 0.6 is 0 Å². The molecule has 0 aliphatic rings. The van der Waals surface area contributed by atoms with Crippen LogP contribution in [-0.4, -0.2) is 6.04 Å². The lowest BCUT2D eigenvalue weighted by Gasteiger charge is -2.19. The fourth-order valence-electron chi connectivity index (χ4n) is 1.75. The van der Waals surface area contributed by atoms with E-state index >= 15 is 0 Å². The molecule has 0 heterocycles. The van der Waals surface area contributed by atoms with Gasteiger partial charge in [0.15, 0.2) is 0 Å². The van der Waals surface area contributed by atoms with Crippen molar-refractivity contribution in [2.75, 3.05) is 0 Å². The first-order valence-electron chi connectivity index (χ1n) is 6.18. The summed E-state index contributed by atoms with van der Waals surface area (Å²) in [6.45, 7) is 6.70. The van der Waals surface area contributed by atoms with Crippen LogP contribution in [0.2, 0.25) is 0 Å². The van der Waals surface area contributed by atoms with Gasteiger partial charge in [0.05, 0.1) is 0 Å². The fourth-order valence-corrected chi connectivity index (χ4v) is 1.75. The molecule has 3 N–H and O–H groups in total. The molecule has 14 heavy (non-hydrogen) atoms. The zero-order chi connectivity index (χ0) is 10.8. The average Bonchev–Trinajstić information content (AvgIpc) is 2.16. The maximum absolute atomic E-state index is 5.49. The molecule has 2 nitrogen and oxygen atoms in total. The van der Waals surface area contributed by atoms with Gasteiger partial charge in [0.1, 0.15) is 0 Å². The van der Waals surface area contributed by atoms with Gasteiger partial charge in [-0.2, -0.15) is 0 Å². The van der Waals surface area contributed by atoms with Gasteiger partial charge < -0.3 is 0 Å². The van der Waals surface area contributed by atoms with Gasteiger partial charge in [-0.1, -0.05) is 59.3 Å². The molecule has 0 aliphatic heterocycles. The van der Waals surface area contributed by atoms with E-state index in [9.17, 15) is 0 Å². The van der Waals surface area contributed by atoms with E-state index in [2.05, 4.69) is 26.2 Å². The highest BCUT2D eigenvalue weighted by Gasteiger charge is 2.09. The Morgan fingerprint density at radius 1 is 1.00 bits per heavy atom. The normalized spacial score (nSPS) is 13.5. The lowest BCUT2D eigenvalue weighted by molar-refractivity contribution is 0.369. The number of nitrogens with two attached hydrogens (primary N) is 1. The second-order valence-corrected chi connectivity index (χ2v) is 4.57. The van der Waals surface area contributed by atoms with Crippen LogP contribution in [0.15, 0.2) is 0 Å². The van der Waals surface area contributed by atoms with Gasteiger partial charge in [-0.3, -0.25) is 11.3 Å². The van der Waals surface area contributed by atoms with Crippen LogP contribution in [0, 0.1) is 5.92 Å². The van der Waals surface area contributed by atoms with E-state index in [4.69, 9.17) is 5.84 Å². The Morgan fingerprint density at radius 3 is 2.07 bits per heavy atom. The third-order valence-corrected chi connectivity index (χ3v) is 2.89. The molecule has 0 aromatic carbocycles. The monoisotopic (exact) mass is 200 g/mol. The summed E-state index contributed by atoms with van der Waals surface area (Å²) in [6, 6.07) is 0.501. The van der Waals surface area contributed by atoms with Crippen molar-refractivity contribution in [1.82, 2.24) is 5.43 Å². The molecule has 0 aliphatic carbocycles. The van der Waals surface area contributed by atoms with Gasteiger partial charge >= 0.3 is 0 Å². The highest BCUT2D eigenvalue weighted by atomic mass is 15.2. The predicted octanol–water partition coefficient (Wildman–Crippen LogP) is 3.22. The summed E-state index contributed by atoms with van der Waals surface area (Å²) < 4.78 is 0. The summed E-state index contributed by atoms with van der Waals surface area (Å²) >= 11 is 0. The molecule has 0 amide bonds. The van der Waals surface area contributed by atoms with Gasteiger partial charge in [-0.25, -0.2) is 0 Å². The van der Waals surface area contributed by atoms with Crippen LogP contribution in [-0.2, 0) is 0 Å². The van der Waals surface area contributed by atoms with E-state index in [0.29, 0.717) is 12.0 Å². The van der Waals surface area contributed by atoms with Gasteiger partial charge in [0.25, 0.3) is 0 Å². The number of hydrazine groups is 1. The van der Waals surface area contributed by atoms with Crippen LogP contribution in [0.4, 0.5) is 0 Å². The van der Waals surface area contributed by atoms with Gasteiger partial charge in [-0.05, 0) is 12.3 Å². The Kier molecular flexibility index (Phi) is 9.42. The van der Waals surface area contributed by atoms with E-state index in [0.717, 1.165) is 0 Å². The van der Waals surface area contributed by atoms with Crippen molar-refractivity contribution >= 4 is 0 Å². The molecule has 0 bridgehead atoms. The van der Waals surface area contributed by atoms with Crippen molar-refractivity contribution in [2.45, 2.75) is 71.8 Å². The van der Waals surface area contributed by atoms with Crippen LogP contribution in [0.3, 0.4) is 0 Å². The largest absolute Gasteiger partial charge is 0.271 e. The number of hydrogen-bond acceptors (Lipinski definition) is 2. The van der Waals surface area contributed by atoms with Gasteiger partial charge in [0.2, 0.25) is 0 Å². The quantitative estimate of drug-likeness (QED) is 0.341. The highest BCUT2D eigenvalue weighted by molar-refractivity contribution is 4.66. The Labute approximate surface area is 89.6 Å². The minimum Gasteiger partial charge on any atom is -0.271 e. The Hall–Kier alpha value is -0.0800.